The van der Waals surface area contributed by atoms with Crippen LogP contribution in [0.3, 0.4) is 0 Å². The van der Waals surface area contributed by atoms with Gasteiger partial charge in [0.05, 0.1) is 11.5 Å². The van der Waals surface area contributed by atoms with Crippen molar-refractivity contribution in [3.8, 4) is 5.88 Å². The minimum absolute atomic E-state index is 0.00614. The van der Waals surface area contributed by atoms with Crippen molar-refractivity contribution in [3.05, 3.63) is 48.2 Å². The summed E-state index contributed by atoms with van der Waals surface area (Å²) < 4.78 is 32.5. The van der Waals surface area contributed by atoms with E-state index in [2.05, 4.69) is 15.0 Å². The molecule has 132 valence electrons. The molecule has 1 heterocycles. The summed E-state index contributed by atoms with van der Waals surface area (Å²) in [4.78, 5) is 16.6. The molecule has 1 aromatic heterocycles. The van der Waals surface area contributed by atoms with Crippen LogP contribution in [0.1, 0.15) is 30.1 Å². The molecule has 1 fully saturated rings. The summed E-state index contributed by atoms with van der Waals surface area (Å²) in [5, 5.41) is 2.70. The topological polar surface area (TPSA) is 97.4 Å². The van der Waals surface area contributed by atoms with E-state index in [-0.39, 0.29) is 16.5 Å². The largest absolute Gasteiger partial charge is 0.476 e. The lowest BCUT2D eigenvalue weighted by Gasteiger charge is -2.11. The van der Waals surface area contributed by atoms with E-state index in [4.69, 9.17) is 4.74 Å². The minimum Gasteiger partial charge on any atom is -0.476 e. The van der Waals surface area contributed by atoms with Crippen LogP contribution in [-0.2, 0) is 10.0 Å². The van der Waals surface area contributed by atoms with Gasteiger partial charge in [0.25, 0.3) is 5.91 Å². The molecule has 0 saturated heterocycles. The number of carbonyl (C=O) groups excluding carboxylic acids is 1. The fourth-order valence-corrected chi connectivity index (χ4v) is 3.58. The number of anilines is 1. The van der Waals surface area contributed by atoms with Gasteiger partial charge in [0.15, 0.2) is 0 Å². The third-order valence-electron chi connectivity index (χ3n) is 3.61. The van der Waals surface area contributed by atoms with Gasteiger partial charge >= 0.3 is 0 Å². The van der Waals surface area contributed by atoms with Gasteiger partial charge in [0, 0.05) is 17.8 Å². The summed E-state index contributed by atoms with van der Waals surface area (Å²) in [6, 6.07) is 9.29. The van der Waals surface area contributed by atoms with Crippen LogP contribution in [0.4, 0.5) is 5.69 Å². The first kappa shape index (κ1) is 17.4. The molecule has 3 rings (SSSR count). The summed E-state index contributed by atoms with van der Waals surface area (Å²) in [5.74, 6) is -0.116. The number of rotatable bonds is 7. The van der Waals surface area contributed by atoms with Gasteiger partial charge < -0.3 is 10.1 Å². The summed E-state index contributed by atoms with van der Waals surface area (Å²) in [5.41, 5.74) is 0.670. The quantitative estimate of drug-likeness (QED) is 0.788. The Bertz CT molecular complexity index is 879. The predicted molar refractivity (Wildman–Crippen MR) is 93.1 cm³/mol. The van der Waals surface area contributed by atoms with Gasteiger partial charge in [0.1, 0.15) is 5.69 Å². The average molecular weight is 361 g/mol. The molecule has 1 amide bonds. The molecule has 7 nitrogen and oxygen atoms in total. The first-order valence-corrected chi connectivity index (χ1v) is 9.49. The van der Waals surface area contributed by atoms with Gasteiger partial charge in [-0.25, -0.2) is 18.1 Å². The molecule has 0 bridgehead atoms. The number of benzene rings is 1. The van der Waals surface area contributed by atoms with Crippen molar-refractivity contribution >= 4 is 21.6 Å². The van der Waals surface area contributed by atoms with E-state index in [1.807, 2.05) is 6.92 Å². The molecule has 0 unspecified atom stereocenters. The normalized spacial score (nSPS) is 14.1. The Labute approximate surface area is 146 Å². The number of carbonyl (C=O) groups is 1. The van der Waals surface area contributed by atoms with Crippen molar-refractivity contribution in [1.29, 1.82) is 0 Å². The molecule has 25 heavy (non-hydrogen) atoms. The zero-order chi connectivity index (χ0) is 17.9. The first-order valence-electron chi connectivity index (χ1n) is 8.01. The monoisotopic (exact) mass is 361 g/mol. The van der Waals surface area contributed by atoms with Gasteiger partial charge in [0.2, 0.25) is 15.9 Å². The third kappa shape index (κ3) is 4.34. The Hall–Kier alpha value is -2.45. The maximum Gasteiger partial charge on any atom is 0.255 e. The molecule has 2 N–H and O–H groups in total. The number of pyridine rings is 1. The lowest BCUT2D eigenvalue weighted by atomic mass is 10.2. The second-order valence-corrected chi connectivity index (χ2v) is 7.38. The van der Waals surface area contributed by atoms with Crippen molar-refractivity contribution in [2.75, 3.05) is 11.9 Å². The molecule has 1 aliphatic carbocycles. The average Bonchev–Trinajstić information content (AvgIpc) is 3.40. The van der Waals surface area contributed by atoms with E-state index in [0.717, 1.165) is 12.8 Å². The second kappa shape index (κ2) is 7.20. The van der Waals surface area contributed by atoms with E-state index in [1.165, 1.54) is 12.1 Å². The van der Waals surface area contributed by atoms with E-state index < -0.39 is 15.9 Å². The summed E-state index contributed by atoms with van der Waals surface area (Å²) in [6.07, 6.45) is 3.26. The summed E-state index contributed by atoms with van der Waals surface area (Å²) in [7, 11) is -3.61. The number of hydrogen-bond donors (Lipinski definition) is 2. The SMILES string of the molecule is CCOc1ncccc1NC(=O)c1cccc(S(=O)(=O)NC2CC2)c1. The van der Waals surface area contributed by atoms with Crippen LogP contribution in [0.15, 0.2) is 47.5 Å². The molecule has 0 aliphatic heterocycles. The maximum absolute atomic E-state index is 12.5. The second-order valence-electron chi connectivity index (χ2n) is 5.67. The lowest BCUT2D eigenvalue weighted by Crippen LogP contribution is -2.26. The van der Waals surface area contributed by atoms with Crippen LogP contribution < -0.4 is 14.8 Å². The van der Waals surface area contributed by atoms with Crippen molar-refractivity contribution in [2.24, 2.45) is 0 Å². The first-order chi connectivity index (χ1) is 12.0. The molecule has 1 aromatic carbocycles. The van der Waals surface area contributed by atoms with Crippen molar-refractivity contribution in [3.63, 3.8) is 0 Å². The fraction of sp³-hybridized carbons (Fsp3) is 0.294. The van der Waals surface area contributed by atoms with Crippen molar-refractivity contribution in [1.82, 2.24) is 9.71 Å². The molecule has 8 heteroatoms. The number of ether oxygens (including phenoxy) is 1. The zero-order valence-electron chi connectivity index (χ0n) is 13.7. The predicted octanol–water partition coefficient (Wildman–Crippen LogP) is 2.17. The Kier molecular flexibility index (Phi) is 5.00. The number of nitrogens with one attached hydrogen (secondary N) is 2. The van der Waals surface area contributed by atoms with Crippen LogP contribution in [0.5, 0.6) is 5.88 Å². The lowest BCUT2D eigenvalue weighted by molar-refractivity contribution is 0.102. The highest BCUT2D eigenvalue weighted by atomic mass is 32.2. The zero-order valence-corrected chi connectivity index (χ0v) is 14.5. The van der Waals surface area contributed by atoms with Crippen LogP contribution in [-0.4, -0.2) is 32.0 Å². The smallest absolute Gasteiger partial charge is 0.255 e. The highest BCUT2D eigenvalue weighted by Gasteiger charge is 2.28. The van der Waals surface area contributed by atoms with Crippen LogP contribution in [0, 0.1) is 0 Å². The standard InChI is InChI=1S/C17H19N3O4S/c1-2-24-17-15(7-4-10-18-17)19-16(21)12-5-3-6-14(11-12)25(22,23)20-13-8-9-13/h3-7,10-11,13,20H,2,8-9H2,1H3,(H,19,21). The fourth-order valence-electron chi connectivity index (χ4n) is 2.23. The summed E-state index contributed by atoms with van der Waals surface area (Å²) >= 11 is 0. The van der Waals surface area contributed by atoms with E-state index in [0.29, 0.717) is 18.2 Å². The van der Waals surface area contributed by atoms with Crippen molar-refractivity contribution < 1.29 is 17.9 Å². The highest BCUT2D eigenvalue weighted by Crippen LogP contribution is 2.24. The van der Waals surface area contributed by atoms with Crippen LogP contribution >= 0.6 is 0 Å². The van der Waals surface area contributed by atoms with E-state index in [9.17, 15) is 13.2 Å². The number of aromatic nitrogens is 1. The number of amides is 1. The van der Waals surface area contributed by atoms with E-state index in [1.54, 1.807) is 30.5 Å². The van der Waals surface area contributed by atoms with Gasteiger partial charge in [-0.1, -0.05) is 6.07 Å². The Morgan fingerprint density at radius 1 is 1.28 bits per heavy atom. The molecule has 1 aliphatic rings. The highest BCUT2D eigenvalue weighted by molar-refractivity contribution is 7.89. The molecular weight excluding hydrogens is 342 g/mol. The van der Waals surface area contributed by atoms with Gasteiger partial charge in [-0.3, -0.25) is 4.79 Å². The van der Waals surface area contributed by atoms with Gasteiger partial charge in [-0.05, 0) is 50.1 Å². The third-order valence-corrected chi connectivity index (χ3v) is 5.12. The van der Waals surface area contributed by atoms with Crippen LogP contribution in [0.25, 0.3) is 0 Å². The van der Waals surface area contributed by atoms with Gasteiger partial charge in [-0.2, -0.15) is 0 Å². The molecule has 2 aromatic rings. The minimum atomic E-state index is -3.61. The van der Waals surface area contributed by atoms with Crippen molar-refractivity contribution in [2.45, 2.75) is 30.7 Å². The van der Waals surface area contributed by atoms with Crippen LogP contribution in [0.2, 0.25) is 0 Å². The number of sulfonamides is 1. The molecule has 1 saturated carbocycles. The molecule has 0 radical (unpaired) electrons. The maximum atomic E-state index is 12.5. The Morgan fingerprint density at radius 3 is 2.80 bits per heavy atom. The Balaban J connectivity index is 1.80. The van der Waals surface area contributed by atoms with E-state index >= 15 is 0 Å². The molecule has 0 spiro atoms. The molecule has 0 atom stereocenters. The summed E-state index contributed by atoms with van der Waals surface area (Å²) in [6.45, 7) is 2.24. The van der Waals surface area contributed by atoms with Gasteiger partial charge in [-0.15, -0.1) is 0 Å². The Morgan fingerprint density at radius 2 is 2.08 bits per heavy atom. The number of nitrogens with zero attached hydrogens (tertiary/aromatic N) is 1. The number of hydrogen-bond acceptors (Lipinski definition) is 5. The molecular formula is C17H19N3O4S.